The number of hydrogen-bond donors (Lipinski definition) is 2. The number of fused-ring (bicyclic) bond motifs is 1. The molecule has 1 amide bonds. The highest BCUT2D eigenvalue weighted by atomic mass is 32.1. The number of ketones is 1. The van der Waals surface area contributed by atoms with Crippen molar-refractivity contribution in [3.8, 4) is 0 Å². The van der Waals surface area contributed by atoms with E-state index in [-0.39, 0.29) is 17.4 Å². The van der Waals surface area contributed by atoms with Crippen molar-refractivity contribution in [1.29, 1.82) is 0 Å². The van der Waals surface area contributed by atoms with Gasteiger partial charge in [-0.3, -0.25) is 9.59 Å². The van der Waals surface area contributed by atoms with Gasteiger partial charge < -0.3 is 15.3 Å². The Bertz CT molecular complexity index is 869. The zero-order valence-corrected chi connectivity index (χ0v) is 15.0. The van der Waals surface area contributed by atoms with Crippen molar-refractivity contribution >= 4 is 39.7 Å². The van der Waals surface area contributed by atoms with Gasteiger partial charge in [-0.25, -0.2) is 9.97 Å². The second kappa shape index (κ2) is 6.64. The lowest BCUT2D eigenvalue weighted by Crippen LogP contribution is -2.14. The van der Waals surface area contributed by atoms with Crippen molar-refractivity contribution in [2.24, 2.45) is 0 Å². The van der Waals surface area contributed by atoms with Crippen molar-refractivity contribution in [2.75, 3.05) is 24.3 Å². The molecule has 0 bridgehead atoms. The number of aryl methyl sites for hydroxylation is 1. The van der Waals surface area contributed by atoms with Crippen molar-refractivity contribution < 1.29 is 14.7 Å². The van der Waals surface area contributed by atoms with E-state index in [2.05, 4.69) is 15.3 Å². The number of aromatic nitrogens is 2. The standard InChI is InChI=1S/C17H18N4O3S/c1-9(22)19-17-20-12-6-5-11(15(24)16(12)25-17)14(23)10-4-7-13(18-8-10)21(2)3/h4,7-8,24H,5-6H2,1-3H3,(H,19,20,22). The minimum atomic E-state index is -0.240. The largest absolute Gasteiger partial charge is 0.506 e. The number of nitrogens with zero attached hydrogens (tertiary/aromatic N) is 3. The van der Waals surface area contributed by atoms with Crippen LogP contribution in [-0.4, -0.2) is 40.9 Å². The summed E-state index contributed by atoms with van der Waals surface area (Å²) in [6, 6.07) is 3.47. The van der Waals surface area contributed by atoms with E-state index in [1.807, 2.05) is 19.0 Å². The summed E-state index contributed by atoms with van der Waals surface area (Å²) in [5.41, 5.74) is 1.48. The number of thiazole rings is 1. The van der Waals surface area contributed by atoms with Crippen LogP contribution >= 0.6 is 11.3 Å². The Labute approximate surface area is 149 Å². The van der Waals surface area contributed by atoms with Crippen LogP contribution in [0.1, 0.15) is 34.3 Å². The summed E-state index contributed by atoms with van der Waals surface area (Å²) < 4.78 is 0. The highest BCUT2D eigenvalue weighted by Crippen LogP contribution is 2.37. The van der Waals surface area contributed by atoms with Crippen LogP contribution < -0.4 is 10.2 Å². The first-order valence-corrected chi connectivity index (χ1v) is 8.56. The second-order valence-electron chi connectivity index (χ2n) is 5.93. The molecule has 0 aromatic carbocycles. The molecule has 7 nitrogen and oxygen atoms in total. The number of nitrogens with one attached hydrogen (secondary N) is 1. The van der Waals surface area contributed by atoms with Gasteiger partial charge in [0.1, 0.15) is 11.6 Å². The minimum Gasteiger partial charge on any atom is -0.506 e. The number of carbonyl (C=O) groups is 2. The number of aliphatic hydroxyl groups excluding tert-OH is 1. The van der Waals surface area contributed by atoms with Crippen LogP contribution in [0.2, 0.25) is 0 Å². The first-order valence-electron chi connectivity index (χ1n) is 7.74. The van der Waals surface area contributed by atoms with E-state index in [1.54, 1.807) is 12.1 Å². The number of allylic oxidation sites excluding steroid dienone is 1. The molecule has 2 aromatic rings. The number of rotatable bonds is 4. The molecule has 2 aromatic heterocycles. The first-order chi connectivity index (χ1) is 11.9. The molecule has 8 heteroatoms. The number of carbonyl (C=O) groups excluding carboxylic acids is 2. The van der Waals surface area contributed by atoms with Gasteiger partial charge in [0, 0.05) is 38.4 Å². The molecule has 0 radical (unpaired) electrons. The van der Waals surface area contributed by atoms with Gasteiger partial charge in [0.05, 0.1) is 10.6 Å². The Kier molecular flexibility index (Phi) is 4.54. The lowest BCUT2D eigenvalue weighted by atomic mass is 9.93. The van der Waals surface area contributed by atoms with Crippen molar-refractivity contribution in [1.82, 2.24) is 9.97 Å². The Balaban J connectivity index is 1.91. The highest BCUT2D eigenvalue weighted by Gasteiger charge is 2.27. The molecule has 25 heavy (non-hydrogen) atoms. The van der Waals surface area contributed by atoms with Gasteiger partial charge in [-0.2, -0.15) is 0 Å². The van der Waals surface area contributed by atoms with E-state index in [4.69, 9.17) is 0 Å². The van der Waals surface area contributed by atoms with E-state index >= 15 is 0 Å². The number of hydrogen-bond acceptors (Lipinski definition) is 7. The van der Waals surface area contributed by atoms with Gasteiger partial charge in [0.2, 0.25) is 5.91 Å². The molecule has 0 atom stereocenters. The lowest BCUT2D eigenvalue weighted by Gasteiger charge is -2.15. The summed E-state index contributed by atoms with van der Waals surface area (Å²) in [4.78, 5) is 34.8. The summed E-state index contributed by atoms with van der Waals surface area (Å²) in [6.45, 7) is 1.40. The Morgan fingerprint density at radius 3 is 2.64 bits per heavy atom. The average molecular weight is 358 g/mol. The van der Waals surface area contributed by atoms with Gasteiger partial charge >= 0.3 is 0 Å². The molecule has 2 heterocycles. The molecule has 0 aliphatic heterocycles. The molecule has 0 spiro atoms. The third kappa shape index (κ3) is 3.39. The Morgan fingerprint density at radius 1 is 1.28 bits per heavy atom. The number of aliphatic hydroxyl groups is 1. The maximum Gasteiger partial charge on any atom is 0.223 e. The van der Waals surface area contributed by atoms with E-state index in [1.165, 1.54) is 24.5 Å². The number of anilines is 2. The summed E-state index contributed by atoms with van der Waals surface area (Å²) in [5.74, 6) is 0.230. The van der Waals surface area contributed by atoms with E-state index < -0.39 is 0 Å². The number of Topliss-reactive ketones (excluding diaryl/α,β-unsaturated/α-hetero) is 1. The molecule has 130 valence electrons. The smallest absolute Gasteiger partial charge is 0.223 e. The summed E-state index contributed by atoms with van der Waals surface area (Å²) >= 11 is 1.17. The fraction of sp³-hybridized carbons (Fsp3) is 0.294. The normalized spacial score (nSPS) is 13.4. The fourth-order valence-electron chi connectivity index (χ4n) is 2.59. The molecular formula is C17H18N4O3S. The zero-order chi connectivity index (χ0) is 18.1. The van der Waals surface area contributed by atoms with Crippen molar-refractivity contribution in [3.63, 3.8) is 0 Å². The summed E-state index contributed by atoms with van der Waals surface area (Å²) in [7, 11) is 3.74. The maximum absolute atomic E-state index is 12.7. The van der Waals surface area contributed by atoms with Crippen LogP contribution in [0.3, 0.4) is 0 Å². The van der Waals surface area contributed by atoms with Crippen molar-refractivity contribution in [3.05, 3.63) is 40.0 Å². The quantitative estimate of drug-likeness (QED) is 0.816. The van der Waals surface area contributed by atoms with Gasteiger partial charge in [-0.15, -0.1) is 0 Å². The monoisotopic (exact) mass is 358 g/mol. The zero-order valence-electron chi connectivity index (χ0n) is 14.2. The molecule has 0 unspecified atom stereocenters. The van der Waals surface area contributed by atoms with Crippen LogP contribution in [-0.2, 0) is 11.2 Å². The summed E-state index contributed by atoms with van der Waals surface area (Å²) in [6.07, 6.45) is 2.46. The van der Waals surface area contributed by atoms with E-state index in [0.29, 0.717) is 39.7 Å². The third-order valence-electron chi connectivity index (χ3n) is 3.84. The van der Waals surface area contributed by atoms with Crippen LogP contribution in [0.4, 0.5) is 10.9 Å². The molecule has 3 rings (SSSR count). The van der Waals surface area contributed by atoms with Crippen LogP contribution in [0.25, 0.3) is 5.76 Å². The highest BCUT2D eigenvalue weighted by molar-refractivity contribution is 7.16. The Morgan fingerprint density at radius 2 is 2.04 bits per heavy atom. The topological polar surface area (TPSA) is 95.4 Å². The molecular weight excluding hydrogens is 340 g/mol. The number of amides is 1. The van der Waals surface area contributed by atoms with Crippen molar-refractivity contribution in [2.45, 2.75) is 19.8 Å². The number of pyridine rings is 1. The summed E-state index contributed by atoms with van der Waals surface area (Å²) in [5, 5.41) is 13.6. The average Bonchev–Trinajstić information content (AvgIpc) is 2.97. The minimum absolute atomic E-state index is 0.0583. The van der Waals surface area contributed by atoms with Crippen LogP contribution in [0, 0.1) is 0 Å². The molecule has 1 aliphatic rings. The second-order valence-corrected chi connectivity index (χ2v) is 6.93. The predicted octanol–water partition coefficient (Wildman–Crippen LogP) is 2.66. The maximum atomic E-state index is 12.7. The third-order valence-corrected chi connectivity index (χ3v) is 4.86. The molecule has 0 saturated heterocycles. The van der Waals surface area contributed by atoms with Gasteiger partial charge in [0.25, 0.3) is 0 Å². The van der Waals surface area contributed by atoms with E-state index in [9.17, 15) is 14.7 Å². The van der Waals surface area contributed by atoms with Crippen LogP contribution in [0.5, 0.6) is 0 Å². The molecule has 0 fully saturated rings. The van der Waals surface area contributed by atoms with Crippen LogP contribution in [0.15, 0.2) is 23.9 Å². The molecule has 0 saturated carbocycles. The SMILES string of the molecule is CC(=O)Nc1nc2c(s1)C(O)=C(C(=O)c1ccc(N(C)C)nc1)CC2. The molecule has 2 N–H and O–H groups in total. The van der Waals surface area contributed by atoms with Gasteiger partial charge in [-0.05, 0) is 25.0 Å². The first kappa shape index (κ1) is 17.1. The van der Waals surface area contributed by atoms with Gasteiger partial charge in [0.15, 0.2) is 10.9 Å². The Hall–Kier alpha value is -2.74. The fourth-order valence-corrected chi connectivity index (χ4v) is 3.62. The molecule has 1 aliphatic carbocycles. The van der Waals surface area contributed by atoms with Gasteiger partial charge in [-0.1, -0.05) is 11.3 Å². The van der Waals surface area contributed by atoms with E-state index in [0.717, 1.165) is 5.82 Å². The predicted molar refractivity (Wildman–Crippen MR) is 97.2 cm³/mol. The lowest BCUT2D eigenvalue weighted by molar-refractivity contribution is -0.114.